The van der Waals surface area contributed by atoms with Gasteiger partial charge >= 0.3 is 0 Å². The number of para-hydroxylation sites is 1. The van der Waals surface area contributed by atoms with E-state index in [1.165, 1.54) is 27.8 Å². The third-order valence-electron chi connectivity index (χ3n) is 5.21. The lowest BCUT2D eigenvalue weighted by Gasteiger charge is -2.25. The van der Waals surface area contributed by atoms with Crippen molar-refractivity contribution in [1.82, 2.24) is 5.32 Å². The van der Waals surface area contributed by atoms with Crippen LogP contribution in [0.1, 0.15) is 29.0 Å². The monoisotopic (exact) mass is 356 g/mol. The van der Waals surface area contributed by atoms with Crippen molar-refractivity contribution in [3.8, 4) is 11.1 Å². The average Bonchev–Trinajstić information content (AvgIpc) is 2.68. The molecule has 136 valence electrons. The highest BCUT2D eigenvalue weighted by atomic mass is 16.1. The summed E-state index contributed by atoms with van der Waals surface area (Å²) in [5, 5.41) is 6.51. The second-order valence-corrected chi connectivity index (χ2v) is 7.18. The minimum Gasteiger partial charge on any atom is -0.326 e. The molecule has 1 amide bonds. The summed E-state index contributed by atoms with van der Waals surface area (Å²) >= 11 is 0. The van der Waals surface area contributed by atoms with Crippen LogP contribution >= 0.6 is 0 Å². The van der Waals surface area contributed by atoms with E-state index >= 15 is 0 Å². The molecule has 3 nitrogen and oxygen atoms in total. The smallest absolute Gasteiger partial charge is 0.225 e. The zero-order valence-corrected chi connectivity index (χ0v) is 15.5. The second-order valence-electron chi connectivity index (χ2n) is 7.18. The van der Waals surface area contributed by atoms with Gasteiger partial charge < -0.3 is 10.6 Å². The first-order valence-corrected chi connectivity index (χ1v) is 9.45. The summed E-state index contributed by atoms with van der Waals surface area (Å²) in [6.07, 6.45) is 0.535. The number of hydrogen-bond acceptors (Lipinski definition) is 2. The van der Waals surface area contributed by atoms with E-state index in [1.807, 2.05) is 18.2 Å². The molecule has 3 heteroatoms. The summed E-state index contributed by atoms with van der Waals surface area (Å²) in [6.45, 7) is 3.73. The van der Waals surface area contributed by atoms with E-state index in [0.717, 1.165) is 18.8 Å². The first-order chi connectivity index (χ1) is 13.2. The molecule has 0 aromatic heterocycles. The van der Waals surface area contributed by atoms with Crippen LogP contribution in [0.3, 0.4) is 0 Å². The highest BCUT2D eigenvalue weighted by Crippen LogP contribution is 2.31. The van der Waals surface area contributed by atoms with E-state index in [2.05, 4.69) is 72.2 Å². The van der Waals surface area contributed by atoms with Gasteiger partial charge in [-0.1, -0.05) is 60.7 Å². The maximum absolute atomic E-state index is 12.0. The summed E-state index contributed by atoms with van der Waals surface area (Å²) in [6, 6.07) is 25.2. The lowest BCUT2D eigenvalue weighted by atomic mass is 9.90. The Balaban J connectivity index is 1.44. The molecule has 0 radical (unpaired) electrons. The number of fused-ring (bicyclic) bond motifs is 1. The summed E-state index contributed by atoms with van der Waals surface area (Å²) < 4.78 is 0. The van der Waals surface area contributed by atoms with E-state index in [1.54, 1.807) is 0 Å². The topological polar surface area (TPSA) is 41.1 Å². The fourth-order valence-electron chi connectivity index (χ4n) is 3.82. The van der Waals surface area contributed by atoms with Gasteiger partial charge in [0.2, 0.25) is 5.91 Å². The van der Waals surface area contributed by atoms with Crippen molar-refractivity contribution in [2.75, 3.05) is 11.9 Å². The molecule has 0 saturated heterocycles. The molecule has 0 fully saturated rings. The van der Waals surface area contributed by atoms with Gasteiger partial charge in [0, 0.05) is 31.1 Å². The van der Waals surface area contributed by atoms with Crippen LogP contribution in [0.5, 0.6) is 0 Å². The van der Waals surface area contributed by atoms with Gasteiger partial charge in [0.15, 0.2) is 0 Å². The molecular weight excluding hydrogens is 332 g/mol. The lowest BCUT2D eigenvalue weighted by molar-refractivity contribution is -0.116. The summed E-state index contributed by atoms with van der Waals surface area (Å²) in [5.74, 6) is 0.316. The Kier molecular flexibility index (Phi) is 5.03. The van der Waals surface area contributed by atoms with Crippen molar-refractivity contribution < 1.29 is 4.79 Å². The van der Waals surface area contributed by atoms with Gasteiger partial charge in [-0.15, -0.1) is 0 Å². The van der Waals surface area contributed by atoms with E-state index in [0.29, 0.717) is 6.42 Å². The third-order valence-corrected chi connectivity index (χ3v) is 5.21. The molecule has 3 aromatic rings. The van der Waals surface area contributed by atoms with Gasteiger partial charge in [-0.3, -0.25) is 4.79 Å². The van der Waals surface area contributed by atoms with Crippen LogP contribution in [0.15, 0.2) is 72.8 Å². The standard InChI is InChI=1S/C24H24N2O/c1-17-7-2-3-10-21(17)19-9-6-8-18(13-19)15-25-16-20-14-24(27)26-23-12-5-4-11-22(20)23/h2-13,20,25H,14-16H2,1H3,(H,26,27). The van der Waals surface area contributed by atoms with Gasteiger partial charge in [-0.05, 0) is 46.9 Å². The van der Waals surface area contributed by atoms with E-state index in [4.69, 9.17) is 0 Å². The third kappa shape index (κ3) is 3.93. The number of carbonyl (C=O) groups excluding carboxylic acids is 1. The molecule has 3 aromatic carbocycles. The number of hydrogen-bond donors (Lipinski definition) is 2. The normalized spacial score (nSPS) is 15.9. The highest BCUT2D eigenvalue weighted by molar-refractivity contribution is 5.94. The Bertz CT molecular complexity index is 964. The molecule has 27 heavy (non-hydrogen) atoms. The summed E-state index contributed by atoms with van der Waals surface area (Å²) in [7, 11) is 0. The predicted octanol–water partition coefficient (Wildman–Crippen LogP) is 4.88. The van der Waals surface area contributed by atoms with Crippen molar-refractivity contribution in [1.29, 1.82) is 0 Å². The molecule has 1 atom stereocenters. The Labute approximate surface area is 160 Å². The molecule has 4 rings (SSSR count). The number of amides is 1. The molecule has 0 bridgehead atoms. The highest BCUT2D eigenvalue weighted by Gasteiger charge is 2.24. The zero-order chi connectivity index (χ0) is 18.6. The Morgan fingerprint density at radius 2 is 1.81 bits per heavy atom. The van der Waals surface area contributed by atoms with Crippen LogP contribution in [0.2, 0.25) is 0 Å². The Morgan fingerprint density at radius 3 is 2.70 bits per heavy atom. The van der Waals surface area contributed by atoms with Crippen LogP contribution in [0.25, 0.3) is 11.1 Å². The quantitative estimate of drug-likeness (QED) is 0.684. The molecule has 1 aliphatic rings. The molecular formula is C24H24N2O. The number of anilines is 1. The first kappa shape index (κ1) is 17.5. The van der Waals surface area contributed by atoms with Gasteiger partial charge in [-0.2, -0.15) is 0 Å². The van der Waals surface area contributed by atoms with Crippen LogP contribution in [0, 0.1) is 6.92 Å². The van der Waals surface area contributed by atoms with Crippen molar-refractivity contribution in [2.45, 2.75) is 25.8 Å². The molecule has 1 unspecified atom stereocenters. The largest absolute Gasteiger partial charge is 0.326 e. The maximum Gasteiger partial charge on any atom is 0.225 e. The zero-order valence-electron chi connectivity index (χ0n) is 15.5. The maximum atomic E-state index is 12.0. The molecule has 0 aliphatic carbocycles. The molecule has 0 spiro atoms. The minimum atomic E-state index is 0.0991. The van der Waals surface area contributed by atoms with Crippen LogP contribution in [-0.2, 0) is 11.3 Å². The van der Waals surface area contributed by atoms with Gasteiger partial charge in [0.25, 0.3) is 0 Å². The SMILES string of the molecule is Cc1ccccc1-c1cccc(CNCC2CC(=O)Nc3ccccc32)c1. The number of nitrogens with one attached hydrogen (secondary N) is 2. The number of rotatable bonds is 5. The van der Waals surface area contributed by atoms with Gasteiger partial charge in [0.1, 0.15) is 0 Å². The summed E-state index contributed by atoms with van der Waals surface area (Å²) in [4.78, 5) is 12.0. The number of carbonyl (C=O) groups is 1. The van der Waals surface area contributed by atoms with Crippen molar-refractivity contribution in [2.24, 2.45) is 0 Å². The molecule has 2 N–H and O–H groups in total. The fraction of sp³-hybridized carbons (Fsp3) is 0.208. The van der Waals surface area contributed by atoms with Crippen molar-refractivity contribution >= 4 is 11.6 Å². The van der Waals surface area contributed by atoms with E-state index in [-0.39, 0.29) is 11.8 Å². The van der Waals surface area contributed by atoms with E-state index in [9.17, 15) is 4.79 Å². The van der Waals surface area contributed by atoms with Gasteiger partial charge in [-0.25, -0.2) is 0 Å². The minimum absolute atomic E-state index is 0.0991. The van der Waals surface area contributed by atoms with Crippen molar-refractivity contribution in [3.05, 3.63) is 89.5 Å². The Hall–Kier alpha value is -2.91. The number of aryl methyl sites for hydroxylation is 1. The molecule has 1 heterocycles. The Morgan fingerprint density at radius 1 is 1.00 bits per heavy atom. The fourth-order valence-corrected chi connectivity index (χ4v) is 3.82. The lowest BCUT2D eigenvalue weighted by Crippen LogP contribution is -2.29. The van der Waals surface area contributed by atoms with E-state index < -0.39 is 0 Å². The number of benzene rings is 3. The van der Waals surface area contributed by atoms with Crippen LogP contribution < -0.4 is 10.6 Å². The van der Waals surface area contributed by atoms with Crippen LogP contribution in [-0.4, -0.2) is 12.5 Å². The predicted molar refractivity (Wildman–Crippen MR) is 111 cm³/mol. The van der Waals surface area contributed by atoms with Crippen LogP contribution in [0.4, 0.5) is 5.69 Å². The second kappa shape index (κ2) is 7.77. The molecule has 1 aliphatic heterocycles. The van der Waals surface area contributed by atoms with Crippen molar-refractivity contribution in [3.63, 3.8) is 0 Å². The summed E-state index contributed by atoms with van der Waals surface area (Å²) in [5.41, 5.74) is 7.23. The first-order valence-electron chi connectivity index (χ1n) is 9.45. The molecule has 0 saturated carbocycles. The van der Waals surface area contributed by atoms with Gasteiger partial charge in [0.05, 0.1) is 0 Å². The average molecular weight is 356 g/mol.